The molecule has 0 aromatic carbocycles. The Kier molecular flexibility index (Phi) is 9.19. The maximum atomic E-state index is 5.09. The average Bonchev–Trinajstić information content (AvgIpc) is 2.18. The number of hydrogen-bond donors (Lipinski definition) is 1. The standard InChI is InChI=1S/C10H20N2S2/c1-3-5-7-11-9(13)10(14)12-8-6-4-2/h3-8H2,1-2H3,(H,11,13)(H,12,14)/p-1. The van der Waals surface area contributed by atoms with Crippen LogP contribution in [-0.4, -0.2) is 23.1 Å². The number of nitrogens with one attached hydrogen (secondary N) is 1. The molecule has 0 unspecified atom stereocenters. The van der Waals surface area contributed by atoms with E-state index in [1.807, 2.05) is 0 Å². The van der Waals surface area contributed by atoms with Crippen LogP contribution in [0.3, 0.4) is 0 Å². The molecule has 0 aliphatic heterocycles. The highest BCUT2D eigenvalue weighted by Crippen LogP contribution is 1.90. The summed E-state index contributed by atoms with van der Waals surface area (Å²) < 4.78 is 0. The molecule has 0 fully saturated rings. The summed E-state index contributed by atoms with van der Waals surface area (Å²) in [5.74, 6) is 0. The van der Waals surface area contributed by atoms with Crippen LogP contribution < -0.4 is 5.32 Å². The molecule has 0 bridgehead atoms. The molecular weight excluding hydrogens is 212 g/mol. The van der Waals surface area contributed by atoms with Gasteiger partial charge in [-0.2, -0.15) is 0 Å². The molecule has 14 heavy (non-hydrogen) atoms. The van der Waals surface area contributed by atoms with Crippen molar-refractivity contribution < 1.29 is 0 Å². The van der Waals surface area contributed by atoms with Crippen LogP contribution in [0.2, 0.25) is 0 Å². The van der Waals surface area contributed by atoms with Crippen LogP contribution in [-0.2, 0) is 12.6 Å². The van der Waals surface area contributed by atoms with Gasteiger partial charge in [-0.3, -0.25) is 0 Å². The first kappa shape index (κ1) is 13.8. The molecule has 4 heteroatoms. The van der Waals surface area contributed by atoms with E-state index in [0.29, 0.717) is 10.0 Å². The third-order valence-corrected chi connectivity index (χ3v) is 2.58. The predicted molar refractivity (Wildman–Crippen MR) is 70.1 cm³/mol. The molecule has 0 aliphatic rings. The molecular formula is C10H19N2S2-. The number of hydrogen-bond acceptors (Lipinski definition) is 3. The third-order valence-electron chi connectivity index (χ3n) is 1.78. The molecule has 0 saturated heterocycles. The van der Waals surface area contributed by atoms with Gasteiger partial charge in [0.25, 0.3) is 0 Å². The molecule has 1 N–H and O–H groups in total. The molecule has 82 valence electrons. The lowest BCUT2D eigenvalue weighted by molar-refractivity contribution is 0.761. The summed E-state index contributed by atoms with van der Waals surface area (Å²) in [4.78, 5) is 4.85. The molecule has 0 atom stereocenters. The molecule has 0 rings (SSSR count). The molecule has 0 spiro atoms. The van der Waals surface area contributed by atoms with E-state index in [9.17, 15) is 0 Å². The Labute approximate surface area is 98.0 Å². The van der Waals surface area contributed by atoms with Crippen molar-refractivity contribution in [3.8, 4) is 0 Å². The second kappa shape index (κ2) is 9.34. The summed E-state index contributed by atoms with van der Waals surface area (Å²) in [7, 11) is 0. The minimum atomic E-state index is 0.560. The fourth-order valence-electron chi connectivity index (χ4n) is 0.865. The van der Waals surface area contributed by atoms with E-state index in [4.69, 9.17) is 24.8 Å². The quantitative estimate of drug-likeness (QED) is 0.239. The zero-order valence-electron chi connectivity index (χ0n) is 9.01. The minimum Gasteiger partial charge on any atom is -0.758 e. The van der Waals surface area contributed by atoms with E-state index in [2.05, 4.69) is 24.2 Å². The van der Waals surface area contributed by atoms with Crippen molar-refractivity contribution in [1.29, 1.82) is 0 Å². The van der Waals surface area contributed by atoms with E-state index >= 15 is 0 Å². The molecule has 0 radical (unpaired) electrons. The first-order valence-electron chi connectivity index (χ1n) is 5.22. The van der Waals surface area contributed by atoms with Gasteiger partial charge in [0, 0.05) is 13.1 Å². The van der Waals surface area contributed by atoms with Crippen LogP contribution in [0.15, 0.2) is 4.99 Å². The summed E-state index contributed by atoms with van der Waals surface area (Å²) in [5.41, 5.74) is 0. The van der Waals surface area contributed by atoms with Crippen LogP contribution in [0.25, 0.3) is 0 Å². The molecule has 0 aromatic heterocycles. The number of unbranched alkanes of at least 4 members (excludes halogenated alkanes) is 2. The Balaban J connectivity index is 3.68. The number of aliphatic imine (C=N–C) groups is 1. The average molecular weight is 231 g/mol. The lowest BCUT2D eigenvalue weighted by Gasteiger charge is -2.14. The van der Waals surface area contributed by atoms with Gasteiger partial charge in [0.15, 0.2) is 0 Å². The fourth-order valence-corrected chi connectivity index (χ4v) is 1.19. The smallest absolute Gasteiger partial charge is 0.0971 e. The van der Waals surface area contributed by atoms with Gasteiger partial charge in [-0.25, -0.2) is 0 Å². The number of nitrogens with zero attached hydrogens (tertiary/aromatic N) is 1. The topological polar surface area (TPSA) is 24.4 Å². The third kappa shape index (κ3) is 7.21. The van der Waals surface area contributed by atoms with Crippen molar-refractivity contribution in [2.75, 3.05) is 13.1 Å². The number of thiocarbonyl (C=S) groups is 1. The van der Waals surface area contributed by atoms with Gasteiger partial charge >= 0.3 is 0 Å². The maximum absolute atomic E-state index is 5.09. The second-order valence-corrected chi connectivity index (χ2v) is 3.94. The Bertz CT molecular complexity index is 191. The Morgan fingerprint density at radius 1 is 1.29 bits per heavy atom. The van der Waals surface area contributed by atoms with Crippen molar-refractivity contribution in [2.24, 2.45) is 4.99 Å². The summed E-state index contributed by atoms with van der Waals surface area (Å²) in [6.45, 7) is 5.98. The van der Waals surface area contributed by atoms with Gasteiger partial charge in [0.2, 0.25) is 0 Å². The highest BCUT2D eigenvalue weighted by molar-refractivity contribution is 7.90. The summed E-state index contributed by atoms with van der Waals surface area (Å²) in [6, 6.07) is 0. The minimum absolute atomic E-state index is 0.560. The van der Waals surface area contributed by atoms with Gasteiger partial charge in [0.1, 0.15) is 0 Å². The van der Waals surface area contributed by atoms with E-state index in [1.54, 1.807) is 0 Å². The number of rotatable bonds is 7. The Morgan fingerprint density at radius 3 is 2.50 bits per heavy atom. The van der Waals surface area contributed by atoms with Crippen molar-refractivity contribution >= 4 is 34.9 Å². The van der Waals surface area contributed by atoms with Crippen LogP contribution in [0.5, 0.6) is 0 Å². The Morgan fingerprint density at radius 2 is 1.93 bits per heavy atom. The zero-order chi connectivity index (χ0) is 10.8. The molecule has 2 nitrogen and oxygen atoms in total. The summed E-state index contributed by atoms with van der Waals surface area (Å²) >= 11 is 10.2. The van der Waals surface area contributed by atoms with E-state index in [-0.39, 0.29) is 0 Å². The van der Waals surface area contributed by atoms with Gasteiger partial charge in [-0.1, -0.05) is 44.0 Å². The van der Waals surface area contributed by atoms with Crippen molar-refractivity contribution in [3.63, 3.8) is 0 Å². The van der Waals surface area contributed by atoms with E-state index in [1.165, 1.54) is 0 Å². The molecule has 0 amide bonds. The highest BCUT2D eigenvalue weighted by atomic mass is 32.1. The predicted octanol–water partition coefficient (Wildman–Crippen LogP) is 2.45. The fraction of sp³-hybridized carbons (Fsp3) is 0.800. The van der Waals surface area contributed by atoms with Gasteiger partial charge in [-0.15, -0.1) is 0 Å². The summed E-state index contributed by atoms with van der Waals surface area (Å²) in [6.07, 6.45) is 4.51. The lowest BCUT2D eigenvalue weighted by Crippen LogP contribution is -2.29. The first-order chi connectivity index (χ1) is 6.72. The monoisotopic (exact) mass is 231 g/mol. The molecule has 0 aromatic rings. The van der Waals surface area contributed by atoms with Crippen LogP contribution in [0.4, 0.5) is 0 Å². The van der Waals surface area contributed by atoms with Crippen LogP contribution >= 0.6 is 12.2 Å². The van der Waals surface area contributed by atoms with Gasteiger partial charge in [0.05, 0.1) is 4.99 Å². The van der Waals surface area contributed by atoms with Crippen LogP contribution in [0, 0.1) is 0 Å². The van der Waals surface area contributed by atoms with Crippen molar-refractivity contribution in [2.45, 2.75) is 39.5 Å². The maximum Gasteiger partial charge on any atom is 0.0971 e. The SMILES string of the molecule is CCCCN=C([S-])C(=S)NCCCC. The van der Waals surface area contributed by atoms with Gasteiger partial charge < -0.3 is 22.9 Å². The zero-order valence-corrected chi connectivity index (χ0v) is 10.6. The molecule has 0 aliphatic carbocycles. The second-order valence-electron chi connectivity index (χ2n) is 3.15. The first-order valence-corrected chi connectivity index (χ1v) is 6.03. The van der Waals surface area contributed by atoms with E-state index in [0.717, 1.165) is 38.8 Å². The molecule has 0 heterocycles. The van der Waals surface area contributed by atoms with Crippen molar-refractivity contribution in [1.82, 2.24) is 5.32 Å². The lowest BCUT2D eigenvalue weighted by atomic mass is 10.3. The van der Waals surface area contributed by atoms with E-state index < -0.39 is 0 Å². The summed E-state index contributed by atoms with van der Waals surface area (Å²) in [5, 5.41) is 3.67. The largest absolute Gasteiger partial charge is 0.758 e. The highest BCUT2D eigenvalue weighted by Gasteiger charge is 1.92. The molecule has 0 saturated carbocycles. The Hall–Kier alpha value is -0.220. The normalized spacial score (nSPS) is 11.4. The van der Waals surface area contributed by atoms with Crippen LogP contribution in [0.1, 0.15) is 39.5 Å². The van der Waals surface area contributed by atoms with Gasteiger partial charge in [-0.05, 0) is 12.8 Å². The van der Waals surface area contributed by atoms with Crippen molar-refractivity contribution in [3.05, 3.63) is 0 Å².